The smallest absolute Gasteiger partial charge is 0.748 e. The maximum absolute atomic E-state index is 13.3. The van der Waals surface area contributed by atoms with Gasteiger partial charge in [-0.15, -0.1) is 0 Å². The van der Waals surface area contributed by atoms with Gasteiger partial charge in [-0.1, -0.05) is 0 Å². The number of hydrogen-bond donors (Lipinski definition) is 0. The molecule has 0 aliphatic heterocycles. The van der Waals surface area contributed by atoms with Gasteiger partial charge in [-0.2, -0.15) is 0 Å². The van der Waals surface area contributed by atoms with E-state index in [-0.39, 0.29) is 51.4 Å². The zero-order valence-corrected chi connectivity index (χ0v) is 17.0. The molecule has 152 valence electrons. The molecule has 0 aliphatic rings. The van der Waals surface area contributed by atoms with E-state index in [1.807, 2.05) is 0 Å². The Hall–Kier alpha value is 0.846. The summed E-state index contributed by atoms with van der Waals surface area (Å²) in [7, 11) is -5.41. The van der Waals surface area contributed by atoms with Crippen molar-refractivity contribution in [1.82, 2.24) is 0 Å². The Morgan fingerprint density at radius 1 is 0.615 bits per heavy atom. The molecular weight excluding hydrogens is 441 g/mol. The summed E-state index contributed by atoms with van der Waals surface area (Å²) in [5.74, 6) is -2.14. The molecule has 15 heteroatoms. The van der Waals surface area contributed by atoms with Gasteiger partial charge in [0.25, 0.3) is 0 Å². The minimum absolute atomic E-state index is 0. The summed E-state index contributed by atoms with van der Waals surface area (Å²) in [4.78, 5) is 0. The van der Waals surface area contributed by atoms with Gasteiger partial charge in [0, 0.05) is 0 Å². The minimum Gasteiger partial charge on any atom is -0.748 e. The third-order valence-electron chi connectivity index (χ3n) is 3.03. The fourth-order valence-electron chi connectivity index (χ4n) is 1.65. The first-order valence-electron chi connectivity index (χ1n) is 6.50. The normalized spacial score (nSPS) is 22.9. The Bertz CT molecular complexity index is 501. The monoisotopic (exact) mass is 454 g/mol. The molecule has 0 spiro atoms. The van der Waals surface area contributed by atoms with Crippen LogP contribution in [0.15, 0.2) is 0 Å². The Morgan fingerprint density at radius 3 is 1.15 bits per heavy atom. The van der Waals surface area contributed by atoms with Crippen LogP contribution in [0, 0.1) is 0 Å². The second-order valence-electron chi connectivity index (χ2n) is 5.02. The van der Waals surface area contributed by atoms with Crippen LogP contribution in [0.1, 0.15) is 0 Å². The van der Waals surface area contributed by atoms with E-state index < -0.39 is 78.1 Å². The van der Waals surface area contributed by atoms with Gasteiger partial charge in [0.05, 0.1) is 15.9 Å². The Morgan fingerprint density at radius 2 is 0.885 bits per heavy atom. The van der Waals surface area contributed by atoms with Crippen LogP contribution in [0.4, 0.5) is 43.9 Å². The third-order valence-corrected chi connectivity index (χ3v) is 3.75. The molecular formula is C11H13F10KO3S. The molecule has 9 unspecified atom stereocenters. The Labute approximate surface area is 185 Å². The van der Waals surface area contributed by atoms with Crippen LogP contribution in [0.5, 0.6) is 0 Å². The summed E-state index contributed by atoms with van der Waals surface area (Å²) in [6.45, 7) is -2.13. The predicted molar refractivity (Wildman–Crippen MR) is 64.6 cm³/mol. The van der Waals surface area contributed by atoms with Gasteiger partial charge in [-0.25, -0.2) is 52.3 Å². The maximum atomic E-state index is 13.3. The van der Waals surface area contributed by atoms with Crippen LogP contribution in [0.2, 0.25) is 0 Å². The quantitative estimate of drug-likeness (QED) is 0.242. The van der Waals surface area contributed by atoms with Crippen molar-refractivity contribution in [3.8, 4) is 0 Å². The average Bonchev–Trinajstić information content (AvgIpc) is 2.54. The molecule has 0 amide bonds. The largest absolute Gasteiger partial charge is 1.00 e. The van der Waals surface area contributed by atoms with Gasteiger partial charge in [0.1, 0.15) is 12.8 Å². The van der Waals surface area contributed by atoms with Crippen LogP contribution in [0.25, 0.3) is 0 Å². The van der Waals surface area contributed by atoms with Crippen molar-refractivity contribution in [2.75, 3.05) is 12.4 Å². The first kappa shape index (κ1) is 29.1. The van der Waals surface area contributed by atoms with Gasteiger partial charge < -0.3 is 4.55 Å². The first-order chi connectivity index (χ1) is 11.2. The fourth-order valence-corrected chi connectivity index (χ4v) is 2.22. The van der Waals surface area contributed by atoms with Crippen LogP contribution in [-0.4, -0.2) is 80.9 Å². The molecule has 0 aliphatic carbocycles. The molecule has 0 aromatic heterocycles. The van der Waals surface area contributed by atoms with Crippen molar-refractivity contribution in [2.24, 2.45) is 0 Å². The maximum Gasteiger partial charge on any atom is 1.00 e. The number of rotatable bonds is 11. The molecule has 0 N–H and O–H groups in total. The van der Waals surface area contributed by atoms with Crippen molar-refractivity contribution in [3.63, 3.8) is 0 Å². The van der Waals surface area contributed by atoms with Gasteiger partial charge >= 0.3 is 51.4 Å². The first-order valence-corrected chi connectivity index (χ1v) is 8.08. The van der Waals surface area contributed by atoms with Crippen molar-refractivity contribution in [2.45, 2.75) is 55.5 Å². The predicted octanol–water partition coefficient (Wildman–Crippen LogP) is -0.452. The van der Waals surface area contributed by atoms with Crippen LogP contribution in [-0.2, 0) is 10.1 Å². The van der Waals surface area contributed by atoms with Gasteiger partial charge in [0.15, 0.2) is 49.4 Å². The van der Waals surface area contributed by atoms with E-state index in [4.69, 9.17) is 0 Å². The number of alkyl halides is 10. The van der Waals surface area contributed by atoms with Crippen LogP contribution in [0.3, 0.4) is 0 Å². The van der Waals surface area contributed by atoms with E-state index in [2.05, 4.69) is 0 Å². The number of hydrogen-bond acceptors (Lipinski definition) is 3. The molecule has 0 aromatic rings. The summed E-state index contributed by atoms with van der Waals surface area (Å²) >= 11 is 0. The molecule has 9 atom stereocenters. The van der Waals surface area contributed by atoms with Crippen molar-refractivity contribution in [1.29, 1.82) is 0 Å². The summed E-state index contributed by atoms with van der Waals surface area (Å²) in [6, 6.07) is 0. The van der Waals surface area contributed by atoms with Crippen molar-refractivity contribution < 1.29 is 108 Å². The fraction of sp³-hybridized carbons (Fsp3) is 1.00. The van der Waals surface area contributed by atoms with Gasteiger partial charge in [0.2, 0.25) is 0 Å². The summed E-state index contributed by atoms with van der Waals surface area (Å²) in [5.41, 5.74) is 0. The molecule has 0 radical (unpaired) electrons. The standard InChI is InChI=1S/C11H14F10O3S.K/c12-1-3(13)5(15)7(17)9(19)11(21)10(20)8(18)6(16)4(14)2-25(22,23)24;/h3-11H,1-2H2,(H,22,23,24);/q;+1/p-1. The number of halogens is 10. The summed E-state index contributed by atoms with van der Waals surface area (Å²) < 4.78 is 160. The minimum atomic E-state index is -5.41. The average molecular weight is 454 g/mol. The van der Waals surface area contributed by atoms with E-state index in [0.717, 1.165) is 0 Å². The second-order valence-corrected chi connectivity index (χ2v) is 6.47. The van der Waals surface area contributed by atoms with Crippen LogP contribution >= 0.6 is 0 Å². The van der Waals surface area contributed by atoms with E-state index in [0.29, 0.717) is 0 Å². The van der Waals surface area contributed by atoms with E-state index in [9.17, 15) is 56.9 Å². The molecule has 3 nitrogen and oxygen atoms in total. The molecule has 0 aromatic carbocycles. The molecule has 0 saturated carbocycles. The van der Waals surface area contributed by atoms with Crippen LogP contribution < -0.4 is 51.4 Å². The topological polar surface area (TPSA) is 57.2 Å². The Balaban J connectivity index is 0. The van der Waals surface area contributed by atoms with Gasteiger partial charge in [-0.05, 0) is 0 Å². The zero-order chi connectivity index (χ0) is 20.1. The van der Waals surface area contributed by atoms with E-state index in [1.54, 1.807) is 0 Å². The summed E-state index contributed by atoms with van der Waals surface area (Å²) in [5, 5.41) is 0. The molecule has 0 fully saturated rings. The SMILES string of the molecule is O=S(=O)([O-])CC(F)C(F)C(F)C(F)C(F)C(F)C(F)C(F)C(F)CF.[K+]. The molecule has 26 heavy (non-hydrogen) atoms. The van der Waals surface area contributed by atoms with Crippen molar-refractivity contribution >= 4 is 10.1 Å². The van der Waals surface area contributed by atoms with Gasteiger partial charge in [-0.3, -0.25) is 0 Å². The second kappa shape index (κ2) is 12.4. The Kier molecular flexibility index (Phi) is 13.9. The molecule has 0 saturated heterocycles. The summed E-state index contributed by atoms with van der Waals surface area (Å²) in [6.07, 6.45) is -33.5. The molecule has 0 bridgehead atoms. The van der Waals surface area contributed by atoms with E-state index in [1.165, 1.54) is 0 Å². The molecule has 0 rings (SSSR count). The third kappa shape index (κ3) is 8.90. The van der Waals surface area contributed by atoms with E-state index >= 15 is 0 Å². The molecule has 0 heterocycles. The zero-order valence-electron chi connectivity index (χ0n) is 13.0. The van der Waals surface area contributed by atoms with Crippen molar-refractivity contribution in [3.05, 3.63) is 0 Å².